The van der Waals surface area contributed by atoms with Crippen LogP contribution < -0.4 is 5.32 Å². The van der Waals surface area contributed by atoms with Gasteiger partial charge in [-0.25, -0.2) is 0 Å². The first-order chi connectivity index (χ1) is 8.99. The zero-order valence-corrected chi connectivity index (χ0v) is 12.0. The maximum atomic E-state index is 12.2. The third-order valence-electron chi connectivity index (χ3n) is 3.72. The molecule has 5 heteroatoms. The van der Waals surface area contributed by atoms with Crippen LogP contribution >= 0.6 is 11.3 Å². The van der Waals surface area contributed by atoms with Crippen LogP contribution in [0.15, 0.2) is 12.1 Å². The van der Waals surface area contributed by atoms with E-state index >= 15 is 0 Å². The molecule has 1 fully saturated rings. The van der Waals surface area contributed by atoms with Gasteiger partial charge in [-0.3, -0.25) is 9.59 Å². The first-order valence-corrected chi connectivity index (χ1v) is 7.40. The van der Waals surface area contributed by atoms with Gasteiger partial charge < -0.3 is 10.4 Å². The number of carbonyl (C=O) groups is 2. The molecule has 1 heterocycles. The standard InChI is InChI=1S/C14H19NO3S/c1-8-6-7-12(19-8)9(2)15-13(16)10-4-3-5-11(10)14(17)18/h6-7,9-11H,3-5H2,1-2H3,(H,15,16)(H,17,18). The quantitative estimate of drug-likeness (QED) is 0.891. The third-order valence-corrected chi connectivity index (χ3v) is 4.90. The lowest BCUT2D eigenvalue weighted by Gasteiger charge is -2.19. The number of hydrogen-bond donors (Lipinski definition) is 2. The molecule has 0 bridgehead atoms. The molecule has 1 aliphatic rings. The normalized spacial score (nSPS) is 24.1. The average Bonchev–Trinajstić information content (AvgIpc) is 2.96. The van der Waals surface area contributed by atoms with Crippen molar-refractivity contribution in [2.24, 2.45) is 11.8 Å². The van der Waals surface area contributed by atoms with Gasteiger partial charge in [-0.15, -0.1) is 11.3 Å². The number of carboxylic acids is 1. The zero-order chi connectivity index (χ0) is 14.0. The molecule has 0 aliphatic heterocycles. The summed E-state index contributed by atoms with van der Waals surface area (Å²) in [4.78, 5) is 25.6. The van der Waals surface area contributed by atoms with Crippen molar-refractivity contribution in [3.63, 3.8) is 0 Å². The lowest BCUT2D eigenvalue weighted by atomic mass is 9.95. The highest BCUT2D eigenvalue weighted by Gasteiger charge is 2.38. The third kappa shape index (κ3) is 3.15. The number of hydrogen-bond acceptors (Lipinski definition) is 3. The minimum atomic E-state index is -0.850. The van der Waals surface area contributed by atoms with E-state index in [4.69, 9.17) is 5.11 Å². The first-order valence-electron chi connectivity index (χ1n) is 6.58. The molecule has 0 spiro atoms. The Morgan fingerprint density at radius 1 is 1.37 bits per heavy atom. The Bertz CT molecular complexity index is 483. The van der Waals surface area contributed by atoms with E-state index in [1.807, 2.05) is 26.0 Å². The monoisotopic (exact) mass is 281 g/mol. The van der Waals surface area contributed by atoms with Crippen LogP contribution in [0.5, 0.6) is 0 Å². The summed E-state index contributed by atoms with van der Waals surface area (Å²) < 4.78 is 0. The van der Waals surface area contributed by atoms with Crippen molar-refractivity contribution in [3.8, 4) is 0 Å². The second kappa shape index (κ2) is 5.74. The van der Waals surface area contributed by atoms with Gasteiger partial charge in [0.15, 0.2) is 0 Å². The van der Waals surface area contributed by atoms with Crippen molar-refractivity contribution in [3.05, 3.63) is 21.9 Å². The number of amides is 1. The Kier molecular flexibility index (Phi) is 4.24. The molecule has 3 unspecified atom stereocenters. The lowest BCUT2D eigenvalue weighted by Crippen LogP contribution is -2.36. The van der Waals surface area contributed by atoms with E-state index in [2.05, 4.69) is 5.32 Å². The van der Waals surface area contributed by atoms with Crippen molar-refractivity contribution < 1.29 is 14.7 Å². The highest BCUT2D eigenvalue weighted by atomic mass is 32.1. The smallest absolute Gasteiger partial charge is 0.307 e. The van der Waals surface area contributed by atoms with E-state index in [1.165, 1.54) is 4.88 Å². The minimum absolute atomic E-state index is 0.0544. The average molecular weight is 281 g/mol. The Hall–Kier alpha value is -1.36. The maximum absolute atomic E-state index is 12.2. The van der Waals surface area contributed by atoms with Gasteiger partial charge in [-0.1, -0.05) is 6.42 Å². The van der Waals surface area contributed by atoms with E-state index in [-0.39, 0.29) is 17.9 Å². The molecule has 2 N–H and O–H groups in total. The van der Waals surface area contributed by atoms with Crippen molar-refractivity contribution in [1.82, 2.24) is 5.32 Å². The molecular formula is C14H19NO3S. The van der Waals surface area contributed by atoms with E-state index in [0.717, 1.165) is 11.3 Å². The molecule has 1 aromatic heterocycles. The maximum Gasteiger partial charge on any atom is 0.307 e. The molecule has 1 amide bonds. The van der Waals surface area contributed by atoms with Crippen LogP contribution in [0.25, 0.3) is 0 Å². The van der Waals surface area contributed by atoms with E-state index in [1.54, 1.807) is 11.3 Å². The summed E-state index contributed by atoms with van der Waals surface area (Å²) in [6.45, 7) is 3.97. The molecule has 3 atom stereocenters. The Balaban J connectivity index is 1.99. The molecule has 1 saturated carbocycles. The summed E-state index contributed by atoms with van der Waals surface area (Å²) in [6.07, 6.45) is 2.11. The first kappa shape index (κ1) is 14.1. The second-order valence-electron chi connectivity index (χ2n) is 5.16. The van der Waals surface area contributed by atoms with Crippen LogP contribution in [0.1, 0.15) is 42.0 Å². The molecule has 1 aromatic rings. The summed E-state index contributed by atoms with van der Waals surface area (Å²) in [5.74, 6) is -1.86. The summed E-state index contributed by atoms with van der Waals surface area (Å²) in [5, 5.41) is 12.1. The van der Waals surface area contributed by atoms with Crippen LogP contribution in [-0.2, 0) is 9.59 Å². The lowest BCUT2D eigenvalue weighted by molar-refractivity contribution is -0.146. The van der Waals surface area contributed by atoms with Gasteiger partial charge in [0.05, 0.1) is 17.9 Å². The SMILES string of the molecule is Cc1ccc(C(C)NC(=O)C2CCCC2C(=O)O)s1. The fourth-order valence-corrected chi connectivity index (χ4v) is 3.53. The number of carbonyl (C=O) groups excluding carboxylic acids is 1. The minimum Gasteiger partial charge on any atom is -0.481 e. The highest BCUT2D eigenvalue weighted by Crippen LogP contribution is 2.33. The fourth-order valence-electron chi connectivity index (χ4n) is 2.65. The topological polar surface area (TPSA) is 66.4 Å². The van der Waals surface area contributed by atoms with Crippen LogP contribution in [-0.4, -0.2) is 17.0 Å². The molecule has 4 nitrogen and oxygen atoms in total. The van der Waals surface area contributed by atoms with Crippen molar-refractivity contribution >= 4 is 23.2 Å². The van der Waals surface area contributed by atoms with Gasteiger partial charge in [-0.2, -0.15) is 0 Å². The summed E-state index contributed by atoms with van der Waals surface area (Å²) in [7, 11) is 0. The molecular weight excluding hydrogens is 262 g/mol. The van der Waals surface area contributed by atoms with E-state index in [9.17, 15) is 9.59 Å². The molecule has 104 valence electrons. The van der Waals surface area contributed by atoms with E-state index < -0.39 is 11.9 Å². The Labute approximate surface area is 116 Å². The summed E-state index contributed by atoms with van der Waals surface area (Å²) >= 11 is 1.66. The van der Waals surface area contributed by atoms with Crippen LogP contribution in [0.2, 0.25) is 0 Å². The van der Waals surface area contributed by atoms with Gasteiger partial charge in [0.1, 0.15) is 0 Å². The van der Waals surface area contributed by atoms with Crippen LogP contribution in [0, 0.1) is 18.8 Å². The largest absolute Gasteiger partial charge is 0.481 e. The zero-order valence-electron chi connectivity index (χ0n) is 11.2. The van der Waals surface area contributed by atoms with Crippen LogP contribution in [0.4, 0.5) is 0 Å². The Morgan fingerprint density at radius 3 is 2.63 bits per heavy atom. The molecule has 19 heavy (non-hydrogen) atoms. The van der Waals surface area contributed by atoms with Crippen molar-refractivity contribution in [1.29, 1.82) is 0 Å². The number of aryl methyl sites for hydroxylation is 1. The number of nitrogens with one attached hydrogen (secondary N) is 1. The molecule has 0 radical (unpaired) electrons. The fraction of sp³-hybridized carbons (Fsp3) is 0.571. The summed E-state index contributed by atoms with van der Waals surface area (Å²) in [6, 6.07) is 3.98. The van der Waals surface area contributed by atoms with Crippen molar-refractivity contribution in [2.75, 3.05) is 0 Å². The number of aliphatic carboxylic acids is 1. The van der Waals surface area contributed by atoms with Gasteiger partial charge in [0.25, 0.3) is 0 Å². The predicted molar refractivity (Wildman–Crippen MR) is 74.1 cm³/mol. The van der Waals surface area contributed by atoms with Gasteiger partial charge in [0.2, 0.25) is 5.91 Å². The van der Waals surface area contributed by atoms with Crippen molar-refractivity contribution in [2.45, 2.75) is 39.2 Å². The molecule has 1 aliphatic carbocycles. The van der Waals surface area contributed by atoms with Gasteiger partial charge in [-0.05, 0) is 38.8 Å². The van der Waals surface area contributed by atoms with Gasteiger partial charge in [0, 0.05) is 9.75 Å². The van der Waals surface area contributed by atoms with Crippen LogP contribution in [0.3, 0.4) is 0 Å². The second-order valence-corrected chi connectivity index (χ2v) is 6.48. The molecule has 0 saturated heterocycles. The number of thiophene rings is 1. The van der Waals surface area contributed by atoms with Gasteiger partial charge >= 0.3 is 5.97 Å². The Morgan fingerprint density at radius 2 is 2.05 bits per heavy atom. The number of rotatable bonds is 4. The van der Waals surface area contributed by atoms with E-state index in [0.29, 0.717) is 12.8 Å². The molecule has 0 aromatic carbocycles. The number of carboxylic acid groups (broad SMARTS) is 1. The molecule has 2 rings (SSSR count). The highest BCUT2D eigenvalue weighted by molar-refractivity contribution is 7.12. The summed E-state index contributed by atoms with van der Waals surface area (Å²) in [5.41, 5.74) is 0. The predicted octanol–water partition coefficient (Wildman–Crippen LogP) is 2.73.